The molecule has 0 fully saturated rings. The van der Waals surface area contributed by atoms with Crippen molar-refractivity contribution in [3.8, 4) is 0 Å². The van der Waals surface area contributed by atoms with Crippen LogP contribution in [-0.4, -0.2) is 22.4 Å². The average molecular weight is 230 g/mol. The number of aryl methyl sites for hydroxylation is 1. The van der Waals surface area contributed by atoms with Gasteiger partial charge < -0.3 is 10.2 Å². The van der Waals surface area contributed by atoms with Gasteiger partial charge in [-0.15, -0.1) is 0 Å². The highest BCUT2D eigenvalue weighted by Crippen LogP contribution is 2.15. The molecule has 0 aliphatic rings. The molecule has 2 unspecified atom stereocenters. The second-order valence-corrected chi connectivity index (χ2v) is 3.79. The molecule has 90 valence electrons. The molecule has 1 aromatic carbocycles. The van der Waals surface area contributed by atoms with Gasteiger partial charge in [0, 0.05) is 0 Å². The molecular weight excluding hydrogens is 214 g/mol. The summed E-state index contributed by atoms with van der Waals surface area (Å²) in [5.41, 5.74) is 0.224. The summed E-state index contributed by atoms with van der Waals surface area (Å²) in [5.74, 6) is -1.76. The van der Waals surface area contributed by atoms with E-state index in [0.717, 1.165) is 6.07 Å². The highest BCUT2D eigenvalue weighted by Gasteiger charge is 2.15. The van der Waals surface area contributed by atoms with Crippen LogP contribution in [0.25, 0.3) is 0 Å². The number of aliphatic hydroxyl groups excluding tert-OH is 2. The molecule has 2 N–H and O–H groups in total. The smallest absolute Gasteiger partial charge is 0.162 e. The highest BCUT2D eigenvalue weighted by molar-refractivity contribution is 5.19. The van der Waals surface area contributed by atoms with Crippen molar-refractivity contribution < 1.29 is 19.0 Å². The fourth-order valence-electron chi connectivity index (χ4n) is 1.51. The SMILES string of the molecule is CCC(O)C(O)CCc1cccc(F)c1F. The van der Waals surface area contributed by atoms with Gasteiger partial charge in [-0.05, 0) is 30.9 Å². The Hall–Kier alpha value is -1.00. The van der Waals surface area contributed by atoms with E-state index >= 15 is 0 Å². The molecule has 1 rings (SSSR count). The Morgan fingerprint density at radius 2 is 1.88 bits per heavy atom. The van der Waals surface area contributed by atoms with Gasteiger partial charge in [-0.3, -0.25) is 0 Å². The molecule has 0 bridgehead atoms. The Morgan fingerprint density at radius 3 is 2.50 bits per heavy atom. The third-order valence-electron chi connectivity index (χ3n) is 2.60. The Kier molecular flexibility index (Phi) is 4.83. The summed E-state index contributed by atoms with van der Waals surface area (Å²) in [5, 5.41) is 18.8. The number of rotatable bonds is 5. The minimum Gasteiger partial charge on any atom is -0.390 e. The second-order valence-electron chi connectivity index (χ2n) is 3.79. The fraction of sp³-hybridized carbons (Fsp3) is 0.500. The van der Waals surface area contributed by atoms with Crippen molar-refractivity contribution >= 4 is 0 Å². The van der Waals surface area contributed by atoms with E-state index in [4.69, 9.17) is 0 Å². The van der Waals surface area contributed by atoms with Crippen LogP contribution in [0.15, 0.2) is 18.2 Å². The summed E-state index contributed by atoms with van der Waals surface area (Å²) in [4.78, 5) is 0. The summed E-state index contributed by atoms with van der Waals surface area (Å²) in [6, 6.07) is 3.95. The van der Waals surface area contributed by atoms with Gasteiger partial charge in [0.25, 0.3) is 0 Å². The third kappa shape index (κ3) is 3.25. The van der Waals surface area contributed by atoms with Crippen LogP contribution in [0.4, 0.5) is 8.78 Å². The zero-order chi connectivity index (χ0) is 12.1. The van der Waals surface area contributed by atoms with E-state index in [1.807, 2.05) is 0 Å². The van der Waals surface area contributed by atoms with E-state index in [0.29, 0.717) is 6.42 Å². The van der Waals surface area contributed by atoms with Crippen LogP contribution in [0.2, 0.25) is 0 Å². The van der Waals surface area contributed by atoms with E-state index in [9.17, 15) is 19.0 Å². The molecule has 2 atom stereocenters. The molecule has 0 radical (unpaired) electrons. The maximum atomic E-state index is 13.2. The van der Waals surface area contributed by atoms with E-state index in [2.05, 4.69) is 0 Å². The molecule has 0 heterocycles. The highest BCUT2D eigenvalue weighted by atomic mass is 19.2. The van der Waals surface area contributed by atoms with E-state index in [1.165, 1.54) is 12.1 Å². The molecule has 0 aromatic heterocycles. The maximum Gasteiger partial charge on any atom is 0.162 e. The zero-order valence-corrected chi connectivity index (χ0v) is 9.16. The first kappa shape index (κ1) is 13.1. The molecule has 0 amide bonds. The van der Waals surface area contributed by atoms with Gasteiger partial charge in [-0.1, -0.05) is 19.1 Å². The number of halogens is 2. The van der Waals surface area contributed by atoms with Gasteiger partial charge in [-0.2, -0.15) is 0 Å². The summed E-state index contributed by atoms with van der Waals surface area (Å²) >= 11 is 0. The van der Waals surface area contributed by atoms with Crippen LogP contribution in [0.1, 0.15) is 25.3 Å². The fourth-order valence-corrected chi connectivity index (χ4v) is 1.51. The lowest BCUT2D eigenvalue weighted by Gasteiger charge is -2.15. The standard InChI is InChI=1S/C12H16F2O2/c1-2-10(15)11(16)7-6-8-4-3-5-9(13)12(8)14/h3-5,10-11,15-16H,2,6-7H2,1H3. The van der Waals surface area contributed by atoms with Crippen molar-refractivity contribution in [2.24, 2.45) is 0 Å². The summed E-state index contributed by atoms with van der Waals surface area (Å²) in [6.07, 6.45) is -0.839. The van der Waals surface area contributed by atoms with Gasteiger partial charge in [0.1, 0.15) is 0 Å². The van der Waals surface area contributed by atoms with Crippen molar-refractivity contribution in [3.63, 3.8) is 0 Å². The zero-order valence-electron chi connectivity index (χ0n) is 9.16. The summed E-state index contributed by atoms with van der Waals surface area (Å²) in [7, 11) is 0. The van der Waals surface area contributed by atoms with Gasteiger partial charge >= 0.3 is 0 Å². The van der Waals surface area contributed by atoms with Crippen molar-refractivity contribution in [3.05, 3.63) is 35.4 Å². The van der Waals surface area contributed by atoms with Crippen molar-refractivity contribution in [2.45, 2.75) is 38.4 Å². The van der Waals surface area contributed by atoms with E-state index in [1.54, 1.807) is 6.92 Å². The average Bonchev–Trinajstić information content (AvgIpc) is 2.29. The van der Waals surface area contributed by atoms with Crippen LogP contribution in [0, 0.1) is 11.6 Å². The first-order valence-electron chi connectivity index (χ1n) is 5.35. The Bertz CT molecular complexity index is 342. The molecule has 0 spiro atoms. The van der Waals surface area contributed by atoms with Crippen molar-refractivity contribution in [1.82, 2.24) is 0 Å². The van der Waals surface area contributed by atoms with E-state index in [-0.39, 0.29) is 18.4 Å². The molecule has 4 heteroatoms. The lowest BCUT2D eigenvalue weighted by molar-refractivity contribution is 0.0129. The van der Waals surface area contributed by atoms with Gasteiger partial charge in [0.15, 0.2) is 11.6 Å². The third-order valence-corrected chi connectivity index (χ3v) is 2.60. The minimum absolute atomic E-state index is 0.210. The quantitative estimate of drug-likeness (QED) is 0.812. The second kappa shape index (κ2) is 5.92. The van der Waals surface area contributed by atoms with Gasteiger partial charge in [0.05, 0.1) is 12.2 Å². The Balaban J connectivity index is 2.58. The molecular formula is C12H16F2O2. The topological polar surface area (TPSA) is 40.5 Å². The summed E-state index contributed by atoms with van der Waals surface area (Å²) < 4.78 is 26.1. The Labute approximate surface area is 93.5 Å². The lowest BCUT2D eigenvalue weighted by atomic mass is 10.0. The number of hydrogen-bond acceptors (Lipinski definition) is 2. The number of benzene rings is 1. The largest absolute Gasteiger partial charge is 0.390 e. The first-order valence-corrected chi connectivity index (χ1v) is 5.35. The minimum atomic E-state index is -0.896. The van der Waals surface area contributed by atoms with Gasteiger partial charge in [-0.25, -0.2) is 8.78 Å². The van der Waals surface area contributed by atoms with Crippen LogP contribution in [0.5, 0.6) is 0 Å². The monoisotopic (exact) mass is 230 g/mol. The molecule has 1 aromatic rings. The van der Waals surface area contributed by atoms with Crippen LogP contribution < -0.4 is 0 Å². The van der Waals surface area contributed by atoms with E-state index < -0.39 is 23.8 Å². The molecule has 0 saturated carbocycles. The molecule has 16 heavy (non-hydrogen) atoms. The number of hydrogen-bond donors (Lipinski definition) is 2. The van der Waals surface area contributed by atoms with Crippen molar-refractivity contribution in [1.29, 1.82) is 0 Å². The molecule has 0 saturated heterocycles. The molecule has 0 aliphatic heterocycles. The van der Waals surface area contributed by atoms with Crippen LogP contribution in [-0.2, 0) is 6.42 Å². The maximum absolute atomic E-state index is 13.2. The predicted molar refractivity (Wildman–Crippen MR) is 57.0 cm³/mol. The number of aliphatic hydroxyl groups is 2. The van der Waals surface area contributed by atoms with Crippen molar-refractivity contribution in [2.75, 3.05) is 0 Å². The predicted octanol–water partition coefficient (Wildman–Crippen LogP) is 2.03. The lowest BCUT2D eigenvalue weighted by Crippen LogP contribution is -2.25. The molecule has 0 aliphatic carbocycles. The summed E-state index contributed by atoms with van der Waals surface area (Å²) in [6.45, 7) is 1.75. The Morgan fingerprint density at radius 1 is 1.19 bits per heavy atom. The molecule has 2 nitrogen and oxygen atoms in total. The van der Waals surface area contributed by atoms with Gasteiger partial charge in [0.2, 0.25) is 0 Å². The first-order chi connectivity index (χ1) is 7.56. The normalized spacial score (nSPS) is 14.8. The van der Waals surface area contributed by atoms with Crippen LogP contribution >= 0.6 is 0 Å². The van der Waals surface area contributed by atoms with Crippen LogP contribution in [0.3, 0.4) is 0 Å².